The van der Waals surface area contributed by atoms with Crippen molar-refractivity contribution in [3.05, 3.63) is 35.6 Å². The van der Waals surface area contributed by atoms with Crippen molar-refractivity contribution in [2.24, 2.45) is 0 Å². The number of benzene rings is 1. The Morgan fingerprint density at radius 3 is 2.40 bits per heavy atom. The minimum atomic E-state index is -3.68. The zero-order chi connectivity index (χ0) is 14.8. The summed E-state index contributed by atoms with van der Waals surface area (Å²) >= 11 is 0. The van der Waals surface area contributed by atoms with E-state index in [2.05, 4.69) is 19.7 Å². The van der Waals surface area contributed by atoms with Crippen LogP contribution < -0.4 is 10.0 Å². The summed E-state index contributed by atoms with van der Waals surface area (Å²) in [4.78, 5) is 0.266. The number of sulfonamides is 1. The number of rotatable bonds is 5. The lowest BCUT2D eigenvalue weighted by molar-refractivity contribution is 0.423. The van der Waals surface area contributed by atoms with Crippen molar-refractivity contribution in [2.45, 2.75) is 25.7 Å². The quantitative estimate of drug-likeness (QED) is 0.885. The number of anilines is 2. The fourth-order valence-electron chi connectivity index (χ4n) is 2.13. The molecule has 2 N–H and O–H groups in total. The summed E-state index contributed by atoms with van der Waals surface area (Å²) < 4.78 is 31.8. The predicted octanol–water partition coefficient (Wildman–Crippen LogP) is 2.52. The van der Waals surface area contributed by atoms with Gasteiger partial charge in [-0.15, -0.1) is 0 Å². The molecule has 0 aliphatic rings. The minimum absolute atomic E-state index is 0.166. The Labute approximate surface area is 118 Å². The molecule has 1 aromatic carbocycles. The Kier molecular flexibility index (Phi) is 3.99. The van der Waals surface area contributed by atoms with Crippen LogP contribution in [0.15, 0.2) is 33.9 Å². The SMILES string of the molecule is CCNc1cc(C)c(S(=O)(=O)Nc2ccon2)c(C)c1. The second kappa shape index (κ2) is 5.54. The first-order chi connectivity index (χ1) is 9.44. The molecule has 1 heterocycles. The maximum Gasteiger partial charge on any atom is 0.263 e. The third-order valence-electron chi connectivity index (χ3n) is 2.79. The first kappa shape index (κ1) is 14.4. The van der Waals surface area contributed by atoms with Gasteiger partial charge in [0.1, 0.15) is 6.26 Å². The molecule has 0 aliphatic heterocycles. The van der Waals surface area contributed by atoms with E-state index in [0.29, 0.717) is 11.1 Å². The van der Waals surface area contributed by atoms with Gasteiger partial charge in [0.2, 0.25) is 0 Å². The summed E-state index contributed by atoms with van der Waals surface area (Å²) in [5.41, 5.74) is 2.26. The van der Waals surface area contributed by atoms with E-state index < -0.39 is 10.0 Å². The van der Waals surface area contributed by atoms with Crippen LogP contribution in [0.25, 0.3) is 0 Å². The van der Waals surface area contributed by atoms with Crippen LogP contribution in [-0.2, 0) is 10.0 Å². The van der Waals surface area contributed by atoms with Crippen LogP contribution in [0.4, 0.5) is 11.5 Å². The highest BCUT2D eigenvalue weighted by Gasteiger charge is 2.21. The number of nitrogens with one attached hydrogen (secondary N) is 2. The van der Waals surface area contributed by atoms with E-state index in [4.69, 9.17) is 0 Å². The molecule has 0 bridgehead atoms. The molecule has 0 saturated heterocycles. The van der Waals surface area contributed by atoms with Crippen LogP contribution >= 0.6 is 0 Å². The molecule has 108 valence electrons. The van der Waals surface area contributed by atoms with Gasteiger partial charge in [-0.3, -0.25) is 4.72 Å². The smallest absolute Gasteiger partial charge is 0.263 e. The number of hydrogen-bond acceptors (Lipinski definition) is 5. The van der Waals surface area contributed by atoms with Gasteiger partial charge in [-0.25, -0.2) is 8.42 Å². The average Bonchev–Trinajstić information content (AvgIpc) is 2.79. The van der Waals surface area contributed by atoms with Gasteiger partial charge in [0.05, 0.1) is 4.90 Å². The van der Waals surface area contributed by atoms with E-state index in [1.807, 2.05) is 19.1 Å². The molecule has 0 radical (unpaired) electrons. The second-order valence-electron chi connectivity index (χ2n) is 4.46. The third-order valence-corrected chi connectivity index (χ3v) is 4.45. The van der Waals surface area contributed by atoms with Gasteiger partial charge in [-0.2, -0.15) is 0 Å². The van der Waals surface area contributed by atoms with E-state index in [1.165, 1.54) is 12.3 Å². The first-order valence-electron chi connectivity index (χ1n) is 6.22. The molecule has 2 rings (SSSR count). The van der Waals surface area contributed by atoms with Crippen LogP contribution in [-0.4, -0.2) is 20.1 Å². The normalized spacial score (nSPS) is 11.3. The van der Waals surface area contributed by atoms with Crippen molar-refractivity contribution in [3.63, 3.8) is 0 Å². The van der Waals surface area contributed by atoms with Crippen LogP contribution in [0.5, 0.6) is 0 Å². The zero-order valence-electron chi connectivity index (χ0n) is 11.6. The van der Waals surface area contributed by atoms with Crippen molar-refractivity contribution < 1.29 is 12.9 Å². The molecular formula is C13H17N3O3S. The largest absolute Gasteiger partial charge is 0.385 e. The summed E-state index contributed by atoms with van der Waals surface area (Å²) in [6, 6.07) is 5.08. The predicted molar refractivity (Wildman–Crippen MR) is 77.4 cm³/mol. The van der Waals surface area contributed by atoms with Crippen LogP contribution in [0, 0.1) is 13.8 Å². The van der Waals surface area contributed by atoms with Crippen molar-refractivity contribution in [1.29, 1.82) is 0 Å². The van der Waals surface area contributed by atoms with Crippen molar-refractivity contribution in [3.8, 4) is 0 Å². The Bertz CT molecular complexity index is 671. The summed E-state index contributed by atoms with van der Waals surface area (Å²) in [6.45, 7) is 6.31. The van der Waals surface area contributed by atoms with Gasteiger partial charge in [0.15, 0.2) is 5.82 Å². The van der Waals surface area contributed by atoms with Crippen molar-refractivity contribution in [2.75, 3.05) is 16.6 Å². The fraction of sp³-hybridized carbons (Fsp3) is 0.308. The van der Waals surface area contributed by atoms with Crippen molar-refractivity contribution in [1.82, 2.24) is 5.16 Å². The molecule has 20 heavy (non-hydrogen) atoms. The number of nitrogens with zero attached hydrogens (tertiary/aromatic N) is 1. The number of aromatic nitrogens is 1. The molecule has 0 unspecified atom stereocenters. The molecule has 0 amide bonds. The molecule has 0 spiro atoms. The van der Waals surface area contributed by atoms with Gasteiger partial charge < -0.3 is 9.84 Å². The highest BCUT2D eigenvalue weighted by Crippen LogP contribution is 2.26. The van der Waals surface area contributed by atoms with Gasteiger partial charge in [-0.05, 0) is 44.0 Å². The summed E-state index contributed by atoms with van der Waals surface area (Å²) in [7, 11) is -3.68. The summed E-state index contributed by atoms with van der Waals surface area (Å²) in [5.74, 6) is 0.166. The Morgan fingerprint density at radius 1 is 1.25 bits per heavy atom. The Hall–Kier alpha value is -2.02. The molecule has 0 fully saturated rings. The van der Waals surface area contributed by atoms with E-state index in [9.17, 15) is 8.42 Å². The fourth-order valence-corrected chi connectivity index (χ4v) is 3.58. The lowest BCUT2D eigenvalue weighted by Gasteiger charge is -2.14. The lowest BCUT2D eigenvalue weighted by atomic mass is 10.1. The standard InChI is InChI=1S/C13H17N3O3S/c1-4-14-11-7-9(2)13(10(3)8-11)20(17,18)16-12-5-6-19-15-12/h5-8,14H,4H2,1-3H3,(H,15,16). The van der Waals surface area contributed by atoms with Gasteiger partial charge >= 0.3 is 0 Å². The van der Waals surface area contributed by atoms with Crippen LogP contribution in [0.3, 0.4) is 0 Å². The monoisotopic (exact) mass is 295 g/mol. The molecule has 6 nitrogen and oxygen atoms in total. The first-order valence-corrected chi connectivity index (χ1v) is 7.70. The Balaban J connectivity index is 2.41. The average molecular weight is 295 g/mol. The Morgan fingerprint density at radius 2 is 1.90 bits per heavy atom. The summed E-state index contributed by atoms with van der Waals surface area (Å²) in [6.07, 6.45) is 1.31. The van der Waals surface area contributed by atoms with Crippen LogP contribution in [0.2, 0.25) is 0 Å². The van der Waals surface area contributed by atoms with Crippen LogP contribution in [0.1, 0.15) is 18.1 Å². The summed E-state index contributed by atoms with van der Waals surface area (Å²) in [5, 5.41) is 6.73. The minimum Gasteiger partial charge on any atom is -0.385 e. The molecule has 1 aromatic heterocycles. The molecule has 2 aromatic rings. The maximum absolute atomic E-state index is 12.4. The van der Waals surface area contributed by atoms with E-state index >= 15 is 0 Å². The molecular weight excluding hydrogens is 278 g/mol. The highest BCUT2D eigenvalue weighted by molar-refractivity contribution is 7.92. The molecule has 0 aliphatic carbocycles. The van der Waals surface area contributed by atoms with E-state index in [1.54, 1.807) is 13.8 Å². The highest BCUT2D eigenvalue weighted by atomic mass is 32.2. The molecule has 0 saturated carbocycles. The van der Waals surface area contributed by atoms with Gasteiger partial charge in [0, 0.05) is 18.3 Å². The number of aryl methyl sites for hydroxylation is 2. The zero-order valence-corrected chi connectivity index (χ0v) is 12.4. The van der Waals surface area contributed by atoms with Gasteiger partial charge in [0.25, 0.3) is 10.0 Å². The molecule has 0 atom stereocenters. The number of hydrogen-bond donors (Lipinski definition) is 2. The topological polar surface area (TPSA) is 84.2 Å². The molecule has 7 heteroatoms. The van der Waals surface area contributed by atoms with Crippen molar-refractivity contribution >= 4 is 21.5 Å². The van der Waals surface area contributed by atoms with Gasteiger partial charge in [-0.1, -0.05) is 5.16 Å². The lowest BCUT2D eigenvalue weighted by Crippen LogP contribution is -2.16. The third kappa shape index (κ3) is 2.93. The maximum atomic E-state index is 12.4. The van der Waals surface area contributed by atoms with E-state index in [-0.39, 0.29) is 10.7 Å². The second-order valence-corrected chi connectivity index (χ2v) is 6.08. The van der Waals surface area contributed by atoms with E-state index in [0.717, 1.165) is 12.2 Å².